The first-order valence-electron chi connectivity index (χ1n) is 6.57. The van der Waals surface area contributed by atoms with Crippen molar-refractivity contribution in [3.8, 4) is 0 Å². The lowest BCUT2D eigenvalue weighted by Gasteiger charge is -2.33. The number of anilines is 2. The number of rotatable bonds is 2. The second-order valence-corrected chi connectivity index (χ2v) is 5.05. The summed E-state index contributed by atoms with van der Waals surface area (Å²) in [5.41, 5.74) is 0.932. The lowest BCUT2D eigenvalue weighted by Crippen LogP contribution is -2.37. The number of hydrogen-bond donors (Lipinski definition) is 1. The van der Waals surface area contributed by atoms with E-state index < -0.39 is 17.5 Å². The summed E-state index contributed by atoms with van der Waals surface area (Å²) >= 11 is 0. The van der Waals surface area contributed by atoms with Gasteiger partial charge in [0.1, 0.15) is 5.82 Å². The SMILES string of the molecule is COC1CCN(c2cc3c(cc2F)C(=O)C(=O)N3)CC1. The molecule has 1 N–H and O–H groups in total. The molecule has 6 heteroatoms. The molecule has 2 heterocycles. The molecule has 0 atom stereocenters. The van der Waals surface area contributed by atoms with Crippen molar-refractivity contribution in [3.63, 3.8) is 0 Å². The van der Waals surface area contributed by atoms with Crippen LogP contribution in [-0.2, 0) is 9.53 Å². The molecule has 1 aromatic rings. The molecule has 2 aliphatic rings. The predicted molar refractivity (Wildman–Crippen MR) is 71.6 cm³/mol. The van der Waals surface area contributed by atoms with Crippen LogP contribution in [0.2, 0.25) is 0 Å². The fourth-order valence-electron chi connectivity index (χ4n) is 2.73. The minimum absolute atomic E-state index is 0.114. The number of halogens is 1. The zero-order valence-corrected chi connectivity index (χ0v) is 11.1. The van der Waals surface area contributed by atoms with E-state index in [1.807, 2.05) is 4.90 Å². The van der Waals surface area contributed by atoms with Crippen molar-refractivity contribution in [2.75, 3.05) is 30.4 Å². The fraction of sp³-hybridized carbons (Fsp3) is 0.429. The zero-order chi connectivity index (χ0) is 14.3. The summed E-state index contributed by atoms with van der Waals surface area (Å²) < 4.78 is 19.4. The Morgan fingerprint density at radius 3 is 2.65 bits per heavy atom. The molecule has 1 fully saturated rings. The molecule has 2 aliphatic heterocycles. The van der Waals surface area contributed by atoms with Gasteiger partial charge in [-0.05, 0) is 25.0 Å². The molecule has 0 spiro atoms. The van der Waals surface area contributed by atoms with Crippen molar-refractivity contribution in [2.24, 2.45) is 0 Å². The highest BCUT2D eigenvalue weighted by Gasteiger charge is 2.31. The van der Waals surface area contributed by atoms with Gasteiger partial charge in [0, 0.05) is 20.2 Å². The highest BCUT2D eigenvalue weighted by atomic mass is 19.1. The number of carbonyl (C=O) groups is 2. The molecular weight excluding hydrogens is 263 g/mol. The molecule has 0 saturated carbocycles. The lowest BCUT2D eigenvalue weighted by molar-refractivity contribution is -0.112. The van der Waals surface area contributed by atoms with E-state index in [2.05, 4.69) is 5.32 Å². The molecule has 20 heavy (non-hydrogen) atoms. The Morgan fingerprint density at radius 1 is 1.30 bits per heavy atom. The quantitative estimate of drug-likeness (QED) is 0.834. The predicted octanol–water partition coefficient (Wildman–Crippen LogP) is 1.58. The fourth-order valence-corrected chi connectivity index (χ4v) is 2.73. The average molecular weight is 278 g/mol. The number of methoxy groups -OCH3 is 1. The Morgan fingerprint density at radius 2 is 2.00 bits per heavy atom. The molecular formula is C14H15FN2O3. The highest BCUT2D eigenvalue weighted by Crippen LogP contribution is 2.32. The van der Waals surface area contributed by atoms with Crippen molar-refractivity contribution >= 4 is 23.1 Å². The number of benzene rings is 1. The van der Waals surface area contributed by atoms with Crippen LogP contribution in [0.1, 0.15) is 23.2 Å². The topological polar surface area (TPSA) is 58.6 Å². The van der Waals surface area contributed by atoms with Gasteiger partial charge in [0.15, 0.2) is 0 Å². The smallest absolute Gasteiger partial charge is 0.296 e. The van der Waals surface area contributed by atoms with Gasteiger partial charge in [-0.25, -0.2) is 4.39 Å². The number of piperidine rings is 1. The van der Waals surface area contributed by atoms with Crippen molar-refractivity contribution in [1.29, 1.82) is 0 Å². The monoisotopic (exact) mass is 278 g/mol. The van der Waals surface area contributed by atoms with Gasteiger partial charge in [-0.2, -0.15) is 0 Å². The molecule has 0 aromatic heterocycles. The lowest BCUT2D eigenvalue weighted by atomic mass is 10.1. The van der Waals surface area contributed by atoms with Gasteiger partial charge in [-0.15, -0.1) is 0 Å². The van der Waals surface area contributed by atoms with E-state index in [-0.39, 0.29) is 11.7 Å². The highest BCUT2D eigenvalue weighted by molar-refractivity contribution is 6.51. The Kier molecular flexibility index (Phi) is 3.17. The van der Waals surface area contributed by atoms with Crippen molar-refractivity contribution in [3.05, 3.63) is 23.5 Å². The Bertz CT molecular complexity index is 580. The van der Waals surface area contributed by atoms with E-state index in [0.29, 0.717) is 24.5 Å². The third-order valence-electron chi connectivity index (χ3n) is 3.90. The second kappa shape index (κ2) is 4.86. The number of nitrogens with zero attached hydrogens (tertiary/aromatic N) is 1. The Labute approximate surface area is 115 Å². The summed E-state index contributed by atoms with van der Waals surface area (Å²) in [5.74, 6) is -1.84. The minimum Gasteiger partial charge on any atom is -0.381 e. The van der Waals surface area contributed by atoms with E-state index in [1.165, 1.54) is 0 Å². The van der Waals surface area contributed by atoms with Crippen LogP contribution in [0.5, 0.6) is 0 Å². The minimum atomic E-state index is -0.699. The summed E-state index contributed by atoms with van der Waals surface area (Å²) in [5, 5.41) is 2.47. The first kappa shape index (κ1) is 13.1. The molecule has 0 aliphatic carbocycles. The number of amides is 1. The maximum atomic E-state index is 14.1. The number of ketones is 1. The molecule has 106 valence electrons. The molecule has 0 unspecified atom stereocenters. The Balaban J connectivity index is 1.87. The number of hydrogen-bond acceptors (Lipinski definition) is 4. The maximum absolute atomic E-state index is 14.1. The third kappa shape index (κ3) is 2.06. The van der Waals surface area contributed by atoms with E-state index in [0.717, 1.165) is 18.9 Å². The maximum Gasteiger partial charge on any atom is 0.296 e. The van der Waals surface area contributed by atoms with Crippen molar-refractivity contribution in [2.45, 2.75) is 18.9 Å². The molecule has 1 saturated heterocycles. The largest absolute Gasteiger partial charge is 0.381 e. The van der Waals surface area contributed by atoms with Crippen LogP contribution < -0.4 is 10.2 Å². The number of Topliss-reactive ketones (excluding diaryl/α,β-unsaturated/α-hetero) is 1. The van der Waals surface area contributed by atoms with Gasteiger partial charge in [-0.1, -0.05) is 0 Å². The van der Waals surface area contributed by atoms with Gasteiger partial charge in [0.25, 0.3) is 11.7 Å². The molecule has 5 nitrogen and oxygen atoms in total. The number of nitrogens with one attached hydrogen (secondary N) is 1. The first-order chi connectivity index (χ1) is 9.60. The van der Waals surface area contributed by atoms with Crippen molar-refractivity contribution in [1.82, 2.24) is 0 Å². The first-order valence-corrected chi connectivity index (χ1v) is 6.57. The van der Waals surface area contributed by atoms with Crippen LogP contribution in [0.3, 0.4) is 0 Å². The standard InChI is InChI=1S/C14H15FN2O3/c1-20-8-2-4-17(5-3-8)12-7-11-9(6-10(12)15)13(18)14(19)16-11/h6-8H,2-5H2,1H3,(H,16,18,19). The van der Waals surface area contributed by atoms with Crippen molar-refractivity contribution < 1.29 is 18.7 Å². The number of ether oxygens (including phenoxy) is 1. The number of carbonyl (C=O) groups excluding carboxylic acids is 2. The van der Waals surface area contributed by atoms with Gasteiger partial charge in [0.05, 0.1) is 23.0 Å². The third-order valence-corrected chi connectivity index (χ3v) is 3.90. The van der Waals surface area contributed by atoms with Gasteiger partial charge in [0.2, 0.25) is 0 Å². The van der Waals surface area contributed by atoms with Gasteiger partial charge >= 0.3 is 0 Å². The number of fused-ring (bicyclic) bond motifs is 1. The van der Waals surface area contributed by atoms with E-state index >= 15 is 0 Å². The Hall–Kier alpha value is -1.95. The summed E-state index contributed by atoms with van der Waals surface area (Å²) in [6, 6.07) is 2.69. The van der Waals surface area contributed by atoms with Crippen LogP contribution >= 0.6 is 0 Å². The average Bonchev–Trinajstić information content (AvgIpc) is 2.74. The van der Waals surface area contributed by atoms with E-state index in [4.69, 9.17) is 4.74 Å². The van der Waals surface area contributed by atoms with Crippen LogP contribution in [0.15, 0.2) is 12.1 Å². The van der Waals surface area contributed by atoms with Crippen LogP contribution in [-0.4, -0.2) is 38.0 Å². The van der Waals surface area contributed by atoms with E-state index in [1.54, 1.807) is 13.2 Å². The van der Waals surface area contributed by atoms with Gasteiger partial charge < -0.3 is 15.0 Å². The molecule has 0 bridgehead atoms. The normalized spacial score (nSPS) is 19.2. The molecule has 3 rings (SSSR count). The second-order valence-electron chi connectivity index (χ2n) is 5.05. The summed E-state index contributed by atoms with van der Waals surface area (Å²) in [7, 11) is 1.68. The van der Waals surface area contributed by atoms with Crippen LogP contribution in [0.25, 0.3) is 0 Å². The van der Waals surface area contributed by atoms with E-state index in [9.17, 15) is 14.0 Å². The van der Waals surface area contributed by atoms with Crippen LogP contribution in [0, 0.1) is 5.82 Å². The van der Waals surface area contributed by atoms with Gasteiger partial charge in [-0.3, -0.25) is 9.59 Å². The molecule has 0 radical (unpaired) electrons. The molecule has 1 amide bonds. The molecule has 1 aromatic carbocycles. The van der Waals surface area contributed by atoms with Crippen LogP contribution in [0.4, 0.5) is 15.8 Å². The summed E-state index contributed by atoms with van der Waals surface area (Å²) in [6.45, 7) is 1.38. The zero-order valence-electron chi connectivity index (χ0n) is 11.1. The summed E-state index contributed by atoms with van der Waals surface area (Å²) in [6.07, 6.45) is 1.88. The summed E-state index contributed by atoms with van der Waals surface area (Å²) in [4.78, 5) is 24.7.